The lowest BCUT2D eigenvalue weighted by molar-refractivity contribution is 0.258. The van der Waals surface area contributed by atoms with Crippen molar-refractivity contribution in [2.75, 3.05) is 28.4 Å². The summed E-state index contributed by atoms with van der Waals surface area (Å²) in [5.41, 5.74) is 0.557. The van der Waals surface area contributed by atoms with Gasteiger partial charge >= 0.3 is 15.6 Å². The van der Waals surface area contributed by atoms with Gasteiger partial charge in [-0.2, -0.15) is 0 Å². The maximum Gasteiger partial charge on any atom is 0.525 e. The van der Waals surface area contributed by atoms with E-state index in [2.05, 4.69) is 9.05 Å². The Bertz CT molecular complexity index is 1060. The topological polar surface area (TPSA) is 170 Å². The van der Waals surface area contributed by atoms with Crippen molar-refractivity contribution < 1.29 is 56.7 Å². The molecule has 4 N–H and O–H groups in total. The van der Waals surface area contributed by atoms with Crippen molar-refractivity contribution in [2.45, 2.75) is 13.8 Å². The van der Waals surface area contributed by atoms with Gasteiger partial charge in [0, 0.05) is 5.56 Å². The van der Waals surface area contributed by atoms with Gasteiger partial charge in [0.1, 0.15) is 0 Å². The Balaban J connectivity index is 0.00000281. The van der Waals surface area contributed by atoms with Crippen LogP contribution in [0.2, 0.25) is 0 Å². The molecule has 0 atom stereocenters. The third-order valence-corrected chi connectivity index (χ3v) is 4.73. The van der Waals surface area contributed by atoms with Crippen LogP contribution in [0.4, 0.5) is 0 Å². The quantitative estimate of drug-likeness (QED) is 0.263. The number of methoxy groups -OCH3 is 4. The number of hydrogen-bond acceptors (Lipinski definition) is 8. The van der Waals surface area contributed by atoms with E-state index >= 15 is 0 Å². The number of benzene rings is 2. The zero-order valence-corrected chi connectivity index (χ0v) is 21.2. The third kappa shape index (κ3) is 8.25. The molecule has 0 spiro atoms. The molecule has 0 amide bonds. The lowest BCUT2D eigenvalue weighted by Crippen LogP contribution is -2.00. The van der Waals surface area contributed by atoms with Gasteiger partial charge < -0.3 is 28.0 Å². The number of phosphoric acid groups is 2. The van der Waals surface area contributed by atoms with Crippen LogP contribution < -0.4 is 28.0 Å². The summed E-state index contributed by atoms with van der Waals surface area (Å²) in [6.07, 6.45) is 2.89. The summed E-state index contributed by atoms with van der Waals surface area (Å²) in [7, 11) is -4.79. The van der Waals surface area contributed by atoms with Crippen molar-refractivity contribution in [3.05, 3.63) is 35.4 Å². The second kappa shape index (κ2) is 12.7. The zero-order valence-electron chi connectivity index (χ0n) is 19.4. The summed E-state index contributed by atoms with van der Waals surface area (Å²) in [4.78, 5) is 37.0. The molecule has 2 aromatic rings. The highest BCUT2D eigenvalue weighted by Crippen LogP contribution is 2.53. The van der Waals surface area contributed by atoms with E-state index in [4.69, 9.17) is 18.9 Å². The van der Waals surface area contributed by atoms with Gasteiger partial charge in [-0.1, -0.05) is 26.0 Å². The first kappa shape index (κ1) is 29.3. The molecular weight excluding hydrogens is 494 g/mol. The molecule has 14 heteroatoms. The Labute approximate surface area is 197 Å². The summed E-state index contributed by atoms with van der Waals surface area (Å²) < 4.78 is 52.9. The zero-order chi connectivity index (χ0) is 26.1. The molecule has 0 radical (unpaired) electrons. The number of rotatable bonds is 10. The monoisotopic (exact) mass is 522 g/mol. The van der Waals surface area contributed by atoms with E-state index < -0.39 is 27.1 Å². The van der Waals surface area contributed by atoms with Crippen LogP contribution in [0, 0.1) is 0 Å². The fraction of sp³-hybridized carbons (Fsp3) is 0.300. The van der Waals surface area contributed by atoms with Crippen LogP contribution in [0.3, 0.4) is 0 Å². The molecule has 0 heterocycles. The van der Waals surface area contributed by atoms with E-state index in [1.807, 2.05) is 13.8 Å². The van der Waals surface area contributed by atoms with Crippen LogP contribution >= 0.6 is 15.6 Å². The predicted molar refractivity (Wildman–Crippen MR) is 125 cm³/mol. The van der Waals surface area contributed by atoms with Gasteiger partial charge in [-0.25, -0.2) is 9.13 Å². The molecule has 2 rings (SSSR count). The van der Waals surface area contributed by atoms with E-state index in [1.54, 1.807) is 12.1 Å². The van der Waals surface area contributed by atoms with Gasteiger partial charge in [0.2, 0.25) is 11.5 Å². The molecule has 0 aliphatic heterocycles. The Morgan fingerprint density at radius 2 is 1.12 bits per heavy atom. The summed E-state index contributed by atoms with van der Waals surface area (Å²) >= 11 is 0. The summed E-state index contributed by atoms with van der Waals surface area (Å²) in [5.74, 6) is -0.459. The SMILES string of the molecule is CC.COc1cc(/C=C\c2ccc(OC)c(OP(=O)(O)O)c2OP(=O)(O)O)cc(OC)c1OC. The molecule has 0 aromatic heterocycles. The molecule has 2 aromatic carbocycles. The van der Waals surface area contributed by atoms with Crippen LogP contribution in [-0.2, 0) is 9.13 Å². The molecule has 190 valence electrons. The number of ether oxygens (including phenoxy) is 4. The molecule has 0 fully saturated rings. The second-order valence-corrected chi connectivity index (χ2v) is 8.30. The first-order valence-corrected chi connectivity index (χ1v) is 12.7. The van der Waals surface area contributed by atoms with E-state index in [-0.39, 0.29) is 11.3 Å². The van der Waals surface area contributed by atoms with Gasteiger partial charge in [-0.05, 0) is 29.8 Å². The summed E-state index contributed by atoms with van der Waals surface area (Å²) in [6, 6.07) is 5.85. The largest absolute Gasteiger partial charge is 0.525 e. The molecule has 34 heavy (non-hydrogen) atoms. The van der Waals surface area contributed by atoms with E-state index in [1.165, 1.54) is 52.7 Å². The molecule has 0 saturated carbocycles. The normalized spacial score (nSPS) is 11.4. The van der Waals surface area contributed by atoms with Crippen molar-refractivity contribution in [3.8, 4) is 34.5 Å². The maximum absolute atomic E-state index is 11.5. The maximum atomic E-state index is 11.5. The molecule has 0 unspecified atom stereocenters. The van der Waals surface area contributed by atoms with Crippen LogP contribution in [0.15, 0.2) is 24.3 Å². The number of hydrogen-bond donors (Lipinski definition) is 4. The lowest BCUT2D eigenvalue weighted by atomic mass is 10.1. The Hall–Kier alpha value is -2.72. The Morgan fingerprint density at radius 3 is 1.53 bits per heavy atom. The second-order valence-electron chi connectivity index (χ2n) is 5.97. The van der Waals surface area contributed by atoms with Crippen molar-refractivity contribution >= 4 is 27.8 Å². The molecule has 0 saturated heterocycles. The summed E-state index contributed by atoms with van der Waals surface area (Å²) in [6.45, 7) is 4.00. The first-order valence-electron chi connectivity index (χ1n) is 9.61. The van der Waals surface area contributed by atoms with Gasteiger partial charge in [0.25, 0.3) is 0 Å². The van der Waals surface area contributed by atoms with Crippen molar-refractivity contribution in [1.29, 1.82) is 0 Å². The fourth-order valence-electron chi connectivity index (χ4n) is 2.65. The van der Waals surface area contributed by atoms with Gasteiger partial charge in [0.15, 0.2) is 23.0 Å². The Morgan fingerprint density at radius 1 is 0.647 bits per heavy atom. The third-order valence-electron chi connectivity index (χ3n) is 3.89. The van der Waals surface area contributed by atoms with E-state index in [0.29, 0.717) is 22.8 Å². The average molecular weight is 522 g/mol. The molecule has 0 aliphatic rings. The van der Waals surface area contributed by atoms with E-state index in [9.17, 15) is 28.7 Å². The van der Waals surface area contributed by atoms with Gasteiger partial charge in [0.05, 0.1) is 28.4 Å². The Kier molecular flexibility index (Phi) is 10.9. The molecule has 0 bridgehead atoms. The van der Waals surface area contributed by atoms with Crippen LogP contribution in [0.1, 0.15) is 25.0 Å². The van der Waals surface area contributed by atoms with Crippen molar-refractivity contribution in [3.63, 3.8) is 0 Å². The van der Waals surface area contributed by atoms with Gasteiger partial charge in [-0.15, -0.1) is 0 Å². The van der Waals surface area contributed by atoms with Crippen molar-refractivity contribution in [2.24, 2.45) is 0 Å². The van der Waals surface area contributed by atoms with Crippen LogP contribution in [0.25, 0.3) is 12.2 Å². The minimum atomic E-state index is -5.15. The minimum absolute atomic E-state index is 0.0197. The standard InChI is InChI=1S/C18H22O12P2.C2H6/c1-25-13-8-7-12(16(29-31(19,20)21)18(13)30-32(22,23)24)6-5-11-9-14(26-2)17(28-4)15(10-11)27-3;1-2/h5-10H,1-4H3,(H2,19,20,21)(H2,22,23,24);1-2H3/b6-5-;. The molecular formula is C20H28O12P2. The minimum Gasteiger partial charge on any atom is -0.493 e. The van der Waals surface area contributed by atoms with Crippen LogP contribution in [-0.4, -0.2) is 48.0 Å². The molecule has 12 nitrogen and oxygen atoms in total. The predicted octanol–water partition coefficient (Wildman–Crippen LogP) is 3.86. The fourth-order valence-corrected chi connectivity index (χ4v) is 3.49. The average Bonchev–Trinajstić information content (AvgIpc) is 2.77. The molecule has 0 aliphatic carbocycles. The lowest BCUT2D eigenvalue weighted by Gasteiger charge is -2.18. The highest BCUT2D eigenvalue weighted by atomic mass is 31.2. The van der Waals surface area contributed by atoms with E-state index in [0.717, 1.165) is 0 Å². The highest BCUT2D eigenvalue weighted by molar-refractivity contribution is 7.47. The summed E-state index contributed by atoms with van der Waals surface area (Å²) in [5, 5.41) is 0. The van der Waals surface area contributed by atoms with Crippen LogP contribution in [0.5, 0.6) is 34.5 Å². The highest BCUT2D eigenvalue weighted by Gasteiger charge is 2.29. The first-order chi connectivity index (χ1) is 15.9. The van der Waals surface area contributed by atoms with Gasteiger partial charge in [-0.3, -0.25) is 19.6 Å². The number of phosphoric ester groups is 2. The van der Waals surface area contributed by atoms with Crippen molar-refractivity contribution in [1.82, 2.24) is 0 Å². The smallest absolute Gasteiger partial charge is 0.493 e.